The van der Waals surface area contributed by atoms with E-state index in [0.717, 1.165) is 33.4 Å². The van der Waals surface area contributed by atoms with E-state index in [1.807, 2.05) is 25.1 Å². The fourth-order valence-corrected chi connectivity index (χ4v) is 4.08. The van der Waals surface area contributed by atoms with Gasteiger partial charge in [0.1, 0.15) is 0 Å². The number of nitrogens with zero attached hydrogens (tertiary/aromatic N) is 3. The SMILES string of the molecule is CC(=O)N1c2ccc(CN(C)C)cc2Sc2cc(N(C)C)ccc21. The molecule has 0 spiro atoms. The van der Waals surface area contributed by atoms with Gasteiger partial charge in [0.15, 0.2) is 0 Å². The van der Waals surface area contributed by atoms with Crippen molar-refractivity contribution in [1.29, 1.82) is 0 Å². The molecule has 0 aliphatic carbocycles. The number of carbonyl (C=O) groups is 1. The zero-order valence-electron chi connectivity index (χ0n) is 14.8. The van der Waals surface area contributed by atoms with E-state index in [2.05, 4.69) is 54.2 Å². The van der Waals surface area contributed by atoms with Gasteiger partial charge in [0.05, 0.1) is 11.4 Å². The number of hydrogen-bond acceptors (Lipinski definition) is 4. The van der Waals surface area contributed by atoms with Crippen LogP contribution in [0.1, 0.15) is 12.5 Å². The number of anilines is 3. The Bertz CT molecular complexity index is 786. The molecule has 3 rings (SSSR count). The van der Waals surface area contributed by atoms with Crippen molar-refractivity contribution in [2.24, 2.45) is 0 Å². The second-order valence-corrected chi connectivity index (χ2v) is 7.63. The van der Waals surface area contributed by atoms with Gasteiger partial charge in [-0.2, -0.15) is 0 Å². The molecule has 126 valence electrons. The van der Waals surface area contributed by atoms with Crippen LogP contribution in [-0.4, -0.2) is 39.0 Å². The first-order valence-corrected chi connectivity index (χ1v) is 8.76. The van der Waals surface area contributed by atoms with E-state index in [1.54, 1.807) is 18.7 Å². The third-order valence-corrected chi connectivity index (χ3v) is 5.09. The first kappa shape index (κ1) is 16.9. The summed E-state index contributed by atoms with van der Waals surface area (Å²) in [4.78, 5) is 20.6. The van der Waals surface area contributed by atoms with Crippen LogP contribution in [0.3, 0.4) is 0 Å². The molecule has 5 heteroatoms. The van der Waals surface area contributed by atoms with Crippen LogP contribution in [0.2, 0.25) is 0 Å². The largest absolute Gasteiger partial charge is 0.378 e. The summed E-state index contributed by atoms with van der Waals surface area (Å²) in [7, 11) is 8.18. The number of rotatable bonds is 3. The molecule has 0 radical (unpaired) electrons. The number of fused-ring (bicyclic) bond motifs is 2. The van der Waals surface area contributed by atoms with Crippen LogP contribution in [0.15, 0.2) is 46.2 Å². The van der Waals surface area contributed by atoms with Crippen LogP contribution in [0.25, 0.3) is 0 Å². The van der Waals surface area contributed by atoms with E-state index in [4.69, 9.17) is 0 Å². The molecule has 1 heterocycles. The highest BCUT2D eigenvalue weighted by atomic mass is 32.2. The first-order chi connectivity index (χ1) is 11.4. The lowest BCUT2D eigenvalue weighted by atomic mass is 10.1. The van der Waals surface area contributed by atoms with Gasteiger partial charge in [0.25, 0.3) is 0 Å². The normalized spacial score (nSPS) is 12.8. The van der Waals surface area contributed by atoms with Gasteiger partial charge in [-0.1, -0.05) is 17.8 Å². The highest BCUT2D eigenvalue weighted by Gasteiger charge is 2.26. The molecule has 0 atom stereocenters. The second kappa shape index (κ2) is 6.49. The first-order valence-electron chi connectivity index (χ1n) is 7.94. The van der Waals surface area contributed by atoms with Crippen LogP contribution in [0.4, 0.5) is 17.1 Å². The molecule has 1 amide bonds. The zero-order valence-corrected chi connectivity index (χ0v) is 15.6. The lowest BCUT2D eigenvalue weighted by molar-refractivity contribution is -0.115. The van der Waals surface area contributed by atoms with Gasteiger partial charge in [0.2, 0.25) is 5.91 Å². The van der Waals surface area contributed by atoms with E-state index >= 15 is 0 Å². The van der Waals surface area contributed by atoms with Crippen LogP contribution >= 0.6 is 11.8 Å². The summed E-state index contributed by atoms with van der Waals surface area (Å²) >= 11 is 1.74. The van der Waals surface area contributed by atoms with Crippen molar-refractivity contribution in [3.8, 4) is 0 Å². The fraction of sp³-hybridized carbons (Fsp3) is 0.316. The molecule has 2 aromatic carbocycles. The van der Waals surface area contributed by atoms with E-state index in [1.165, 1.54) is 5.56 Å². The Hall–Kier alpha value is -1.98. The van der Waals surface area contributed by atoms with Gasteiger partial charge in [-0.05, 0) is 50.0 Å². The average molecular weight is 341 g/mol. The summed E-state index contributed by atoms with van der Waals surface area (Å²) in [5.74, 6) is 0.0377. The molecular formula is C19H23N3OS. The number of hydrogen-bond donors (Lipinski definition) is 0. The van der Waals surface area contributed by atoms with Gasteiger partial charge >= 0.3 is 0 Å². The summed E-state index contributed by atoms with van der Waals surface area (Å²) in [6.45, 7) is 2.51. The van der Waals surface area contributed by atoms with E-state index in [9.17, 15) is 4.79 Å². The van der Waals surface area contributed by atoms with Crippen LogP contribution in [0, 0.1) is 0 Å². The molecule has 0 bridgehead atoms. The van der Waals surface area contributed by atoms with Crippen molar-refractivity contribution in [3.63, 3.8) is 0 Å². The van der Waals surface area contributed by atoms with Crippen molar-refractivity contribution >= 4 is 34.7 Å². The van der Waals surface area contributed by atoms with E-state index in [-0.39, 0.29) is 5.91 Å². The van der Waals surface area contributed by atoms with Crippen molar-refractivity contribution in [3.05, 3.63) is 42.0 Å². The molecule has 24 heavy (non-hydrogen) atoms. The Labute approximate surface area is 148 Å². The number of carbonyl (C=O) groups excluding carboxylic acids is 1. The molecule has 1 aliphatic heterocycles. The van der Waals surface area contributed by atoms with Gasteiger partial charge in [-0.15, -0.1) is 0 Å². The quantitative estimate of drug-likeness (QED) is 0.844. The Morgan fingerprint density at radius 1 is 1.00 bits per heavy atom. The lowest BCUT2D eigenvalue weighted by Crippen LogP contribution is -2.26. The maximum atomic E-state index is 12.3. The fourth-order valence-electron chi connectivity index (χ4n) is 2.92. The molecule has 0 saturated heterocycles. The standard InChI is InChI=1S/C19H23N3OS/c1-13(23)22-16-8-6-14(12-20(2)3)10-18(16)24-19-11-15(21(4)5)7-9-17(19)22/h6-11H,12H2,1-5H3. The Kier molecular flexibility index (Phi) is 4.56. The molecule has 0 fully saturated rings. The monoisotopic (exact) mass is 341 g/mol. The summed E-state index contributed by atoms with van der Waals surface area (Å²) in [5, 5.41) is 0. The molecule has 2 aromatic rings. The smallest absolute Gasteiger partial charge is 0.228 e. The van der Waals surface area contributed by atoms with Crippen LogP contribution in [-0.2, 0) is 11.3 Å². The van der Waals surface area contributed by atoms with Crippen molar-refractivity contribution in [2.75, 3.05) is 38.0 Å². The Morgan fingerprint density at radius 2 is 1.62 bits per heavy atom. The maximum absolute atomic E-state index is 12.3. The summed E-state index contributed by atoms with van der Waals surface area (Å²) < 4.78 is 0. The predicted octanol–water partition coefficient (Wildman–Crippen LogP) is 3.96. The minimum atomic E-state index is 0.0377. The minimum absolute atomic E-state index is 0.0377. The van der Waals surface area contributed by atoms with Crippen molar-refractivity contribution in [1.82, 2.24) is 4.90 Å². The van der Waals surface area contributed by atoms with Gasteiger partial charge in [0, 0.05) is 43.0 Å². The lowest BCUT2D eigenvalue weighted by Gasteiger charge is -2.31. The summed E-state index contributed by atoms with van der Waals surface area (Å²) in [6.07, 6.45) is 0. The molecule has 0 aromatic heterocycles. The Balaban J connectivity index is 2.09. The average Bonchev–Trinajstić information content (AvgIpc) is 2.50. The van der Waals surface area contributed by atoms with Gasteiger partial charge in [-0.25, -0.2) is 0 Å². The predicted molar refractivity (Wildman–Crippen MR) is 102 cm³/mol. The molecule has 1 aliphatic rings. The summed E-state index contributed by atoms with van der Waals surface area (Å²) in [5.41, 5.74) is 4.32. The maximum Gasteiger partial charge on any atom is 0.228 e. The Morgan fingerprint density at radius 3 is 2.21 bits per heavy atom. The molecular weight excluding hydrogens is 318 g/mol. The van der Waals surface area contributed by atoms with Gasteiger partial charge in [-0.3, -0.25) is 9.69 Å². The second-order valence-electron chi connectivity index (χ2n) is 6.54. The third kappa shape index (κ3) is 3.14. The van der Waals surface area contributed by atoms with Crippen LogP contribution < -0.4 is 9.80 Å². The molecule has 0 saturated carbocycles. The number of amides is 1. The number of benzene rings is 2. The van der Waals surface area contributed by atoms with Crippen LogP contribution in [0.5, 0.6) is 0 Å². The van der Waals surface area contributed by atoms with Crippen molar-refractivity contribution in [2.45, 2.75) is 23.3 Å². The highest BCUT2D eigenvalue weighted by Crippen LogP contribution is 2.49. The zero-order chi connectivity index (χ0) is 17.4. The van der Waals surface area contributed by atoms with E-state index in [0.29, 0.717) is 0 Å². The topological polar surface area (TPSA) is 26.8 Å². The molecule has 4 nitrogen and oxygen atoms in total. The van der Waals surface area contributed by atoms with Crippen molar-refractivity contribution < 1.29 is 4.79 Å². The molecule has 0 N–H and O–H groups in total. The third-order valence-electron chi connectivity index (χ3n) is 4.00. The van der Waals surface area contributed by atoms with E-state index < -0.39 is 0 Å². The minimum Gasteiger partial charge on any atom is -0.378 e. The van der Waals surface area contributed by atoms with Gasteiger partial charge < -0.3 is 9.80 Å². The highest BCUT2D eigenvalue weighted by molar-refractivity contribution is 7.99. The summed E-state index contributed by atoms with van der Waals surface area (Å²) in [6, 6.07) is 12.6. The molecule has 0 unspecified atom stereocenters.